The summed E-state index contributed by atoms with van der Waals surface area (Å²) in [7, 11) is 1.54. The normalized spacial score (nSPS) is 11.6. The number of alkyl halides is 3. The Balaban J connectivity index is 1.93. The molecule has 0 aliphatic carbocycles. The van der Waals surface area contributed by atoms with Gasteiger partial charge in [-0.25, -0.2) is 4.98 Å². The van der Waals surface area contributed by atoms with Gasteiger partial charge in [0.05, 0.1) is 11.6 Å². The third-order valence-corrected chi connectivity index (χ3v) is 3.92. The smallest absolute Gasteiger partial charge is 0.471 e. The van der Waals surface area contributed by atoms with Crippen LogP contribution in [-0.4, -0.2) is 24.2 Å². The zero-order valence-corrected chi connectivity index (χ0v) is 14.2. The number of halogens is 4. The molecule has 0 unspecified atom stereocenters. The molecule has 0 bridgehead atoms. The van der Waals surface area contributed by atoms with E-state index in [-0.39, 0.29) is 17.2 Å². The fourth-order valence-electron chi connectivity index (χ4n) is 2.13. The van der Waals surface area contributed by atoms with Gasteiger partial charge in [-0.15, -0.1) is 0 Å². The Morgan fingerprint density at radius 3 is 2.64 bits per heavy atom. The monoisotopic (exact) mass is 414 g/mol. The molecule has 1 aromatic heterocycles. The third-order valence-electron chi connectivity index (χ3n) is 3.30. The Morgan fingerprint density at radius 1 is 1.24 bits per heavy atom. The van der Waals surface area contributed by atoms with Gasteiger partial charge in [0, 0.05) is 17.3 Å². The van der Waals surface area contributed by atoms with Crippen LogP contribution in [0.5, 0.6) is 5.75 Å². The molecule has 0 spiro atoms. The Bertz CT molecular complexity index is 953. The number of hydrogen-bond donors (Lipinski definition) is 1. The zero-order chi connectivity index (χ0) is 18.2. The quantitative estimate of drug-likeness (QED) is 0.670. The summed E-state index contributed by atoms with van der Waals surface area (Å²) in [6.45, 7) is 0. The number of benzene rings is 2. The molecule has 0 atom stereocenters. The first-order valence-electron chi connectivity index (χ1n) is 6.90. The van der Waals surface area contributed by atoms with Crippen molar-refractivity contribution < 1.29 is 27.1 Å². The highest BCUT2D eigenvalue weighted by atomic mass is 79.9. The Kier molecular flexibility index (Phi) is 4.42. The van der Waals surface area contributed by atoms with E-state index in [0.29, 0.717) is 21.3 Å². The fraction of sp³-hybridized carbons (Fsp3) is 0.125. The van der Waals surface area contributed by atoms with E-state index in [1.807, 2.05) is 0 Å². The van der Waals surface area contributed by atoms with Crippen molar-refractivity contribution in [2.75, 3.05) is 12.4 Å². The molecule has 25 heavy (non-hydrogen) atoms. The highest BCUT2D eigenvalue weighted by molar-refractivity contribution is 9.10. The molecule has 0 aliphatic heterocycles. The second-order valence-electron chi connectivity index (χ2n) is 5.00. The second-order valence-corrected chi connectivity index (χ2v) is 5.86. The molecule has 0 aliphatic rings. The van der Waals surface area contributed by atoms with Crippen LogP contribution in [0, 0.1) is 0 Å². The molecule has 9 heteroatoms. The molecular formula is C16H10BrF3N2O3. The topological polar surface area (TPSA) is 64.4 Å². The first kappa shape index (κ1) is 17.3. The highest BCUT2D eigenvalue weighted by Gasteiger charge is 2.38. The number of amides is 1. The van der Waals surface area contributed by atoms with Crippen molar-refractivity contribution in [1.29, 1.82) is 0 Å². The summed E-state index contributed by atoms with van der Waals surface area (Å²) < 4.78 is 48.4. The SMILES string of the molecule is COc1ccc(-c2nc3ccc(NC(=O)C(F)(F)F)cc3o2)cc1Br. The van der Waals surface area contributed by atoms with E-state index in [4.69, 9.17) is 9.15 Å². The van der Waals surface area contributed by atoms with Crippen LogP contribution >= 0.6 is 15.9 Å². The number of fused-ring (bicyclic) bond motifs is 1. The molecule has 0 saturated carbocycles. The molecule has 5 nitrogen and oxygen atoms in total. The number of oxazole rings is 1. The van der Waals surface area contributed by atoms with Crippen molar-refractivity contribution in [1.82, 2.24) is 4.98 Å². The van der Waals surface area contributed by atoms with Crippen molar-refractivity contribution in [3.8, 4) is 17.2 Å². The van der Waals surface area contributed by atoms with Gasteiger partial charge in [-0.1, -0.05) is 0 Å². The predicted molar refractivity (Wildman–Crippen MR) is 88.4 cm³/mol. The molecule has 0 radical (unpaired) electrons. The average Bonchev–Trinajstić information content (AvgIpc) is 2.97. The lowest BCUT2D eigenvalue weighted by Crippen LogP contribution is -2.29. The molecule has 3 rings (SSSR count). The van der Waals surface area contributed by atoms with Crippen LogP contribution in [0.1, 0.15) is 0 Å². The summed E-state index contributed by atoms with van der Waals surface area (Å²) in [6, 6.07) is 9.28. The molecule has 1 amide bonds. The van der Waals surface area contributed by atoms with Gasteiger partial charge in [-0.05, 0) is 46.3 Å². The van der Waals surface area contributed by atoms with Gasteiger partial charge in [0.1, 0.15) is 11.3 Å². The third kappa shape index (κ3) is 3.60. The van der Waals surface area contributed by atoms with E-state index in [9.17, 15) is 18.0 Å². The zero-order valence-electron chi connectivity index (χ0n) is 12.6. The van der Waals surface area contributed by atoms with E-state index in [2.05, 4.69) is 20.9 Å². The number of anilines is 1. The molecule has 0 saturated heterocycles. The largest absolute Gasteiger partial charge is 0.496 e. The summed E-state index contributed by atoms with van der Waals surface area (Å²) in [5.74, 6) is -1.12. The molecule has 130 valence electrons. The predicted octanol–water partition coefficient (Wildman–Crippen LogP) is 4.77. The Hall–Kier alpha value is -2.55. The summed E-state index contributed by atoms with van der Waals surface area (Å²) in [5, 5.41) is 1.77. The first-order valence-corrected chi connectivity index (χ1v) is 7.70. The van der Waals surface area contributed by atoms with Crippen LogP contribution in [0.15, 0.2) is 45.3 Å². The maximum atomic E-state index is 12.3. The maximum absolute atomic E-state index is 12.3. The Morgan fingerprint density at radius 2 is 2.00 bits per heavy atom. The minimum absolute atomic E-state index is 0.0339. The number of nitrogens with one attached hydrogen (secondary N) is 1. The minimum atomic E-state index is -4.96. The lowest BCUT2D eigenvalue weighted by Gasteiger charge is -2.07. The molecule has 2 aromatic carbocycles. The van der Waals surface area contributed by atoms with Gasteiger partial charge < -0.3 is 14.5 Å². The lowest BCUT2D eigenvalue weighted by atomic mass is 10.2. The number of ether oxygens (including phenoxy) is 1. The van der Waals surface area contributed by atoms with Gasteiger partial charge in [-0.2, -0.15) is 13.2 Å². The summed E-state index contributed by atoms with van der Waals surface area (Å²) in [4.78, 5) is 15.3. The van der Waals surface area contributed by atoms with Crippen molar-refractivity contribution in [3.63, 3.8) is 0 Å². The highest BCUT2D eigenvalue weighted by Crippen LogP contribution is 2.32. The van der Waals surface area contributed by atoms with Gasteiger partial charge >= 0.3 is 12.1 Å². The van der Waals surface area contributed by atoms with Crippen molar-refractivity contribution in [2.24, 2.45) is 0 Å². The first-order chi connectivity index (χ1) is 11.8. The summed E-state index contributed by atoms with van der Waals surface area (Å²) in [5.41, 5.74) is 1.33. The molecular weight excluding hydrogens is 405 g/mol. The molecule has 1 N–H and O–H groups in total. The van der Waals surface area contributed by atoms with E-state index in [1.165, 1.54) is 25.3 Å². The van der Waals surface area contributed by atoms with E-state index in [1.54, 1.807) is 23.5 Å². The van der Waals surface area contributed by atoms with Crippen LogP contribution in [0.25, 0.3) is 22.6 Å². The molecule has 1 heterocycles. The van der Waals surface area contributed by atoms with E-state index < -0.39 is 12.1 Å². The van der Waals surface area contributed by atoms with Crippen LogP contribution in [0.2, 0.25) is 0 Å². The number of carbonyl (C=O) groups excluding carboxylic acids is 1. The standard InChI is InChI=1S/C16H10BrF3N2O3/c1-24-12-5-2-8(6-10(12)17)14-22-11-4-3-9(7-13(11)25-14)21-15(23)16(18,19)20/h2-7H,1H3,(H,21,23). The van der Waals surface area contributed by atoms with Crippen molar-refractivity contribution in [2.45, 2.75) is 6.18 Å². The van der Waals surface area contributed by atoms with E-state index >= 15 is 0 Å². The van der Waals surface area contributed by atoms with Crippen LogP contribution in [-0.2, 0) is 4.79 Å². The fourth-order valence-corrected chi connectivity index (χ4v) is 2.67. The second kappa shape index (κ2) is 6.40. The van der Waals surface area contributed by atoms with Gasteiger partial charge in [0.25, 0.3) is 0 Å². The van der Waals surface area contributed by atoms with Gasteiger partial charge in [-0.3, -0.25) is 4.79 Å². The van der Waals surface area contributed by atoms with Gasteiger partial charge in [0.2, 0.25) is 5.89 Å². The van der Waals surface area contributed by atoms with Gasteiger partial charge in [0.15, 0.2) is 5.58 Å². The van der Waals surface area contributed by atoms with E-state index in [0.717, 1.165) is 0 Å². The van der Waals surface area contributed by atoms with Crippen molar-refractivity contribution in [3.05, 3.63) is 40.9 Å². The molecule has 0 fully saturated rings. The van der Waals surface area contributed by atoms with Crippen LogP contribution in [0.4, 0.5) is 18.9 Å². The number of carbonyl (C=O) groups is 1. The molecule has 3 aromatic rings. The summed E-state index contributed by atoms with van der Waals surface area (Å²) in [6.07, 6.45) is -4.96. The van der Waals surface area contributed by atoms with Crippen LogP contribution in [0.3, 0.4) is 0 Å². The number of nitrogens with zero attached hydrogens (tertiary/aromatic N) is 1. The minimum Gasteiger partial charge on any atom is -0.496 e. The lowest BCUT2D eigenvalue weighted by molar-refractivity contribution is -0.167. The Labute approximate surface area is 147 Å². The van der Waals surface area contributed by atoms with Crippen LogP contribution < -0.4 is 10.1 Å². The number of aromatic nitrogens is 1. The average molecular weight is 415 g/mol. The summed E-state index contributed by atoms with van der Waals surface area (Å²) >= 11 is 3.36. The number of methoxy groups -OCH3 is 1. The maximum Gasteiger partial charge on any atom is 0.471 e. The van der Waals surface area contributed by atoms with Crippen molar-refractivity contribution >= 4 is 38.6 Å². The number of hydrogen-bond acceptors (Lipinski definition) is 4. The number of rotatable bonds is 3.